The van der Waals surface area contributed by atoms with E-state index in [1.807, 2.05) is 6.20 Å². The third-order valence-corrected chi connectivity index (χ3v) is 3.18. The maximum Gasteiger partial charge on any atom is 0.322 e. The van der Waals surface area contributed by atoms with Gasteiger partial charge in [0.2, 0.25) is 0 Å². The summed E-state index contributed by atoms with van der Waals surface area (Å²) in [6.07, 6.45) is 2.80. The van der Waals surface area contributed by atoms with E-state index in [4.69, 9.17) is 0 Å². The minimum Gasteiger partial charge on any atom is -0.468 e. The first-order valence-corrected chi connectivity index (χ1v) is 5.73. The number of carbonyl (C=O) groups is 1. The summed E-state index contributed by atoms with van der Waals surface area (Å²) in [4.78, 5) is 16.5. The molecule has 0 unspecified atom stereocenters. The molecule has 5 heteroatoms. The molecule has 1 heterocycles. The SMILES string of the molecule is CCc1ncc(CN[C@@H](C)C(=O)OC)s1. The number of aryl methyl sites for hydroxylation is 1. The highest BCUT2D eigenvalue weighted by Crippen LogP contribution is 2.12. The predicted octanol–water partition coefficient (Wildman–Crippen LogP) is 1.36. The van der Waals surface area contributed by atoms with E-state index in [1.54, 1.807) is 18.3 Å². The number of nitrogens with one attached hydrogen (secondary N) is 1. The number of esters is 1. The summed E-state index contributed by atoms with van der Waals surface area (Å²) >= 11 is 1.67. The zero-order chi connectivity index (χ0) is 11.3. The molecule has 0 aromatic carbocycles. The van der Waals surface area contributed by atoms with Crippen LogP contribution >= 0.6 is 11.3 Å². The van der Waals surface area contributed by atoms with E-state index in [-0.39, 0.29) is 12.0 Å². The number of hydrogen-bond acceptors (Lipinski definition) is 5. The Labute approximate surface area is 93.7 Å². The number of rotatable bonds is 5. The first kappa shape index (κ1) is 12.1. The molecular weight excluding hydrogens is 212 g/mol. The van der Waals surface area contributed by atoms with E-state index in [0.29, 0.717) is 6.54 Å². The molecule has 1 aromatic heterocycles. The monoisotopic (exact) mass is 228 g/mol. The molecule has 1 N–H and O–H groups in total. The van der Waals surface area contributed by atoms with Crippen LogP contribution in [0.1, 0.15) is 23.7 Å². The van der Waals surface area contributed by atoms with E-state index in [1.165, 1.54) is 7.11 Å². The van der Waals surface area contributed by atoms with Crippen molar-refractivity contribution >= 4 is 17.3 Å². The van der Waals surface area contributed by atoms with Crippen LogP contribution in [0.3, 0.4) is 0 Å². The molecule has 84 valence electrons. The van der Waals surface area contributed by atoms with Gasteiger partial charge in [-0.2, -0.15) is 0 Å². The lowest BCUT2D eigenvalue weighted by Crippen LogP contribution is -2.34. The van der Waals surface area contributed by atoms with Crippen LogP contribution in [0, 0.1) is 0 Å². The first-order chi connectivity index (χ1) is 7.17. The van der Waals surface area contributed by atoms with Crippen molar-refractivity contribution in [2.45, 2.75) is 32.9 Å². The molecule has 4 nitrogen and oxygen atoms in total. The first-order valence-electron chi connectivity index (χ1n) is 4.92. The smallest absolute Gasteiger partial charge is 0.322 e. The van der Waals surface area contributed by atoms with Crippen LogP contribution in [0.5, 0.6) is 0 Å². The van der Waals surface area contributed by atoms with Gasteiger partial charge in [-0.25, -0.2) is 4.98 Å². The number of methoxy groups -OCH3 is 1. The van der Waals surface area contributed by atoms with Gasteiger partial charge in [-0.05, 0) is 13.3 Å². The van der Waals surface area contributed by atoms with Crippen molar-refractivity contribution in [2.75, 3.05) is 7.11 Å². The van der Waals surface area contributed by atoms with Crippen molar-refractivity contribution in [3.05, 3.63) is 16.1 Å². The third kappa shape index (κ3) is 3.60. The van der Waals surface area contributed by atoms with Crippen LogP contribution in [0.4, 0.5) is 0 Å². The fourth-order valence-electron chi connectivity index (χ4n) is 1.11. The Kier molecular flexibility index (Phi) is 4.71. The Hall–Kier alpha value is -0.940. The van der Waals surface area contributed by atoms with Gasteiger partial charge in [0, 0.05) is 17.6 Å². The third-order valence-electron chi connectivity index (χ3n) is 2.04. The molecular formula is C10H16N2O2S. The highest BCUT2D eigenvalue weighted by atomic mass is 32.1. The van der Waals surface area contributed by atoms with Gasteiger partial charge in [-0.3, -0.25) is 10.1 Å². The molecule has 15 heavy (non-hydrogen) atoms. The van der Waals surface area contributed by atoms with Crippen LogP contribution < -0.4 is 5.32 Å². The van der Waals surface area contributed by atoms with Crippen molar-refractivity contribution in [1.29, 1.82) is 0 Å². The Morgan fingerprint density at radius 3 is 3.00 bits per heavy atom. The van der Waals surface area contributed by atoms with Crippen molar-refractivity contribution < 1.29 is 9.53 Å². The Morgan fingerprint density at radius 1 is 1.73 bits per heavy atom. The van der Waals surface area contributed by atoms with Crippen molar-refractivity contribution in [3.8, 4) is 0 Å². The summed E-state index contributed by atoms with van der Waals surface area (Å²) in [7, 11) is 1.39. The van der Waals surface area contributed by atoms with Crippen LogP contribution in [0.25, 0.3) is 0 Å². The summed E-state index contributed by atoms with van der Waals surface area (Å²) in [5.41, 5.74) is 0. The predicted molar refractivity (Wildman–Crippen MR) is 59.8 cm³/mol. The Balaban J connectivity index is 2.39. The van der Waals surface area contributed by atoms with E-state index in [2.05, 4.69) is 22.0 Å². The van der Waals surface area contributed by atoms with E-state index < -0.39 is 0 Å². The second kappa shape index (κ2) is 5.82. The summed E-state index contributed by atoms with van der Waals surface area (Å²) in [6, 6.07) is -0.276. The molecule has 0 bridgehead atoms. The average molecular weight is 228 g/mol. The zero-order valence-corrected chi connectivity index (χ0v) is 10.1. The number of hydrogen-bond donors (Lipinski definition) is 1. The van der Waals surface area contributed by atoms with Gasteiger partial charge < -0.3 is 4.74 Å². The highest BCUT2D eigenvalue weighted by Gasteiger charge is 2.12. The number of aromatic nitrogens is 1. The number of carbonyl (C=O) groups excluding carboxylic acids is 1. The molecule has 1 rings (SSSR count). The van der Waals surface area contributed by atoms with Crippen molar-refractivity contribution in [2.24, 2.45) is 0 Å². The lowest BCUT2D eigenvalue weighted by atomic mass is 10.3. The summed E-state index contributed by atoms with van der Waals surface area (Å²) in [5, 5.41) is 4.21. The molecule has 0 saturated heterocycles. The molecule has 0 aliphatic rings. The zero-order valence-electron chi connectivity index (χ0n) is 9.24. The van der Waals surface area contributed by atoms with E-state index in [9.17, 15) is 4.79 Å². The van der Waals surface area contributed by atoms with Crippen LogP contribution in [0.2, 0.25) is 0 Å². The average Bonchev–Trinajstić information content (AvgIpc) is 2.72. The lowest BCUT2D eigenvalue weighted by Gasteiger charge is -2.09. The lowest BCUT2D eigenvalue weighted by molar-refractivity contribution is -0.142. The van der Waals surface area contributed by atoms with Crippen molar-refractivity contribution in [1.82, 2.24) is 10.3 Å². The largest absolute Gasteiger partial charge is 0.468 e. The van der Waals surface area contributed by atoms with Gasteiger partial charge in [0.15, 0.2) is 0 Å². The Bertz CT molecular complexity index is 325. The van der Waals surface area contributed by atoms with E-state index in [0.717, 1.165) is 16.3 Å². The minimum absolute atomic E-state index is 0.241. The maximum atomic E-state index is 11.1. The molecule has 0 spiro atoms. The molecule has 0 radical (unpaired) electrons. The van der Waals surface area contributed by atoms with E-state index >= 15 is 0 Å². The summed E-state index contributed by atoms with van der Waals surface area (Å²) in [5.74, 6) is -0.241. The standard InChI is InChI=1S/C10H16N2O2S/c1-4-9-12-6-8(15-9)5-11-7(2)10(13)14-3/h6-7,11H,4-5H2,1-3H3/t7-/m0/s1. The molecule has 0 saturated carbocycles. The van der Waals surface area contributed by atoms with Crippen LogP contribution in [-0.2, 0) is 22.5 Å². The summed E-state index contributed by atoms with van der Waals surface area (Å²) in [6.45, 7) is 4.52. The molecule has 1 aromatic rings. The second-order valence-electron chi connectivity index (χ2n) is 3.20. The second-order valence-corrected chi connectivity index (χ2v) is 4.40. The fourth-order valence-corrected chi connectivity index (χ4v) is 1.92. The molecule has 0 amide bonds. The topological polar surface area (TPSA) is 51.2 Å². The molecule has 0 aliphatic heterocycles. The van der Waals surface area contributed by atoms with Crippen LogP contribution in [0.15, 0.2) is 6.20 Å². The van der Waals surface area contributed by atoms with Gasteiger partial charge in [-0.1, -0.05) is 6.92 Å². The number of nitrogens with zero attached hydrogens (tertiary/aromatic N) is 1. The number of ether oxygens (including phenoxy) is 1. The molecule has 0 fully saturated rings. The fraction of sp³-hybridized carbons (Fsp3) is 0.600. The van der Waals surface area contributed by atoms with Crippen LogP contribution in [-0.4, -0.2) is 24.1 Å². The highest BCUT2D eigenvalue weighted by molar-refractivity contribution is 7.11. The Morgan fingerprint density at radius 2 is 2.47 bits per heavy atom. The maximum absolute atomic E-state index is 11.1. The normalized spacial score (nSPS) is 12.5. The van der Waals surface area contributed by atoms with Gasteiger partial charge in [-0.15, -0.1) is 11.3 Å². The van der Waals surface area contributed by atoms with Gasteiger partial charge >= 0.3 is 5.97 Å². The van der Waals surface area contributed by atoms with Crippen molar-refractivity contribution in [3.63, 3.8) is 0 Å². The van der Waals surface area contributed by atoms with Gasteiger partial charge in [0.05, 0.1) is 12.1 Å². The number of thiazole rings is 1. The minimum atomic E-state index is -0.276. The summed E-state index contributed by atoms with van der Waals surface area (Å²) < 4.78 is 4.61. The van der Waals surface area contributed by atoms with Gasteiger partial charge in [0.1, 0.15) is 6.04 Å². The van der Waals surface area contributed by atoms with Gasteiger partial charge in [0.25, 0.3) is 0 Å². The quantitative estimate of drug-likeness (QED) is 0.773. The molecule has 0 aliphatic carbocycles. The molecule has 1 atom stereocenters.